The van der Waals surface area contributed by atoms with Crippen LogP contribution in [0.4, 0.5) is 0 Å². The molecule has 0 aliphatic carbocycles. The predicted octanol–water partition coefficient (Wildman–Crippen LogP) is 2.70. The zero-order valence-corrected chi connectivity index (χ0v) is 6.02. The highest BCUT2D eigenvalue weighted by molar-refractivity contribution is 9.09. The first-order chi connectivity index (χ1) is 2.77. The Morgan fingerprint density at radius 2 is 2.17 bits per heavy atom. The third-order valence-corrected chi connectivity index (χ3v) is 0.864. The largest absolute Gasteiger partial charge is 0.103 e. The van der Waals surface area contributed by atoms with Crippen molar-refractivity contribution in [1.82, 2.24) is 0 Å². The van der Waals surface area contributed by atoms with Gasteiger partial charge in [0.15, 0.2) is 0 Å². The monoisotopic (exact) mass is 188 g/mol. The molecule has 0 spiro atoms. The fourth-order valence-corrected chi connectivity index (χ4v) is 0.909. The topological polar surface area (TPSA) is 0 Å². The van der Waals surface area contributed by atoms with E-state index in [1.54, 1.807) is 6.08 Å². The summed E-state index contributed by atoms with van der Waals surface area (Å²) in [6.45, 7) is 0. The normalized spacial score (nSPS) is 7.83. The minimum atomic E-state index is 0.312. The van der Waals surface area contributed by atoms with Crippen LogP contribution in [0.2, 0.25) is 0 Å². The second-order valence-electron chi connectivity index (χ2n) is 0.648. The van der Waals surface area contributed by atoms with Crippen LogP contribution in [0, 0.1) is 0 Å². The van der Waals surface area contributed by atoms with E-state index in [1.807, 2.05) is 0 Å². The molecule has 0 aromatic heterocycles. The molecule has 0 rings (SSSR count). The number of rotatable bonds is 1. The van der Waals surface area contributed by atoms with Crippen molar-refractivity contribution in [3.63, 3.8) is 0 Å². The molecule has 0 radical (unpaired) electrons. The molecular weight excluding hydrogens is 187 g/mol. The average molecular weight is 190 g/mol. The van der Waals surface area contributed by atoms with Crippen LogP contribution in [-0.2, 0) is 0 Å². The van der Waals surface area contributed by atoms with Crippen LogP contribution in [0.5, 0.6) is 0 Å². The molecule has 0 unspecified atom stereocenters. The van der Waals surface area contributed by atoms with Crippen LogP contribution in [0.15, 0.2) is 10.6 Å². The summed E-state index contributed by atoms with van der Waals surface area (Å²) in [6.07, 6.45) is 1.66. The lowest BCUT2D eigenvalue weighted by Crippen LogP contribution is -1.55. The second kappa shape index (κ2) is 3.97. The van der Waals surface area contributed by atoms with Gasteiger partial charge < -0.3 is 0 Å². The van der Waals surface area contributed by atoms with Crippen molar-refractivity contribution < 1.29 is 0 Å². The van der Waals surface area contributed by atoms with Crippen molar-refractivity contribution in [1.29, 1.82) is 0 Å². The van der Waals surface area contributed by atoms with E-state index in [-0.39, 0.29) is 0 Å². The Morgan fingerprint density at radius 1 is 1.67 bits per heavy atom. The second-order valence-corrected chi connectivity index (χ2v) is 2.30. The molecule has 0 aromatic carbocycles. The Balaban J connectivity index is 3.14. The summed E-state index contributed by atoms with van der Waals surface area (Å²) < 4.78 is 0.312. The van der Waals surface area contributed by atoms with E-state index in [0.29, 0.717) is 4.49 Å². The summed E-state index contributed by atoms with van der Waals surface area (Å²) >= 11 is 13.5. The van der Waals surface area contributed by atoms with E-state index in [1.165, 1.54) is 0 Å². The molecule has 3 heteroatoms. The van der Waals surface area contributed by atoms with E-state index >= 15 is 0 Å². The molecule has 0 amide bonds. The standard InChI is InChI=1S/C3H3BrCl2/c4-2-1-3(5)6/h1H,2H2. The molecule has 0 aliphatic rings. The van der Waals surface area contributed by atoms with Gasteiger partial charge in [-0.25, -0.2) is 0 Å². The number of alkyl halides is 1. The van der Waals surface area contributed by atoms with E-state index in [4.69, 9.17) is 23.2 Å². The molecule has 0 nitrogen and oxygen atoms in total. The first kappa shape index (κ1) is 6.80. The Morgan fingerprint density at radius 3 is 2.17 bits per heavy atom. The maximum atomic E-state index is 5.17. The van der Waals surface area contributed by atoms with Crippen molar-refractivity contribution >= 4 is 39.1 Å². The lowest BCUT2D eigenvalue weighted by atomic mass is 10.8. The maximum Gasteiger partial charge on any atom is 0.103 e. The van der Waals surface area contributed by atoms with Crippen LogP contribution < -0.4 is 0 Å². The van der Waals surface area contributed by atoms with Crippen molar-refractivity contribution in [2.75, 3.05) is 5.33 Å². The number of hydrogen-bond donors (Lipinski definition) is 0. The predicted molar refractivity (Wildman–Crippen MR) is 33.6 cm³/mol. The van der Waals surface area contributed by atoms with Gasteiger partial charge in [-0.15, -0.1) is 0 Å². The van der Waals surface area contributed by atoms with Crippen LogP contribution in [0.1, 0.15) is 0 Å². The summed E-state index contributed by atoms with van der Waals surface area (Å²) in [6, 6.07) is 0. The van der Waals surface area contributed by atoms with E-state index in [0.717, 1.165) is 5.33 Å². The SMILES string of the molecule is ClC(Cl)=CCBr. The Hall–Kier alpha value is 0.800. The zero-order chi connectivity index (χ0) is 4.99. The number of hydrogen-bond acceptors (Lipinski definition) is 0. The van der Waals surface area contributed by atoms with Gasteiger partial charge in [-0.05, 0) is 6.08 Å². The molecule has 0 saturated carbocycles. The molecule has 0 aliphatic heterocycles. The Labute approximate surface area is 55.3 Å². The van der Waals surface area contributed by atoms with Gasteiger partial charge in [-0.3, -0.25) is 0 Å². The van der Waals surface area contributed by atoms with E-state index in [2.05, 4.69) is 15.9 Å². The van der Waals surface area contributed by atoms with Gasteiger partial charge >= 0.3 is 0 Å². The van der Waals surface area contributed by atoms with Crippen molar-refractivity contribution in [2.45, 2.75) is 0 Å². The minimum absolute atomic E-state index is 0.312. The molecule has 6 heavy (non-hydrogen) atoms. The summed E-state index contributed by atoms with van der Waals surface area (Å²) in [5.41, 5.74) is 0. The van der Waals surface area contributed by atoms with Crippen molar-refractivity contribution in [3.05, 3.63) is 10.6 Å². The molecule has 0 aromatic rings. The highest BCUT2D eigenvalue weighted by Crippen LogP contribution is 2.05. The van der Waals surface area contributed by atoms with Crippen molar-refractivity contribution in [2.24, 2.45) is 0 Å². The van der Waals surface area contributed by atoms with Crippen LogP contribution in [-0.4, -0.2) is 5.33 Å². The molecule has 0 atom stereocenters. The highest BCUT2D eigenvalue weighted by atomic mass is 79.9. The van der Waals surface area contributed by atoms with Crippen molar-refractivity contribution in [3.8, 4) is 0 Å². The first-order valence-corrected chi connectivity index (χ1v) is 3.22. The zero-order valence-electron chi connectivity index (χ0n) is 2.92. The van der Waals surface area contributed by atoms with Gasteiger partial charge in [0.05, 0.1) is 0 Å². The summed E-state index contributed by atoms with van der Waals surface area (Å²) in [4.78, 5) is 0. The highest BCUT2D eigenvalue weighted by Gasteiger charge is 1.74. The first-order valence-electron chi connectivity index (χ1n) is 1.34. The maximum absolute atomic E-state index is 5.17. The van der Waals surface area contributed by atoms with Crippen LogP contribution >= 0.6 is 39.1 Å². The summed E-state index contributed by atoms with van der Waals surface area (Å²) in [5, 5.41) is 0.718. The van der Waals surface area contributed by atoms with Gasteiger partial charge in [-0.1, -0.05) is 39.1 Å². The molecule has 0 fully saturated rings. The van der Waals surface area contributed by atoms with Gasteiger partial charge in [0.2, 0.25) is 0 Å². The quantitative estimate of drug-likeness (QED) is 0.557. The third-order valence-electron chi connectivity index (χ3n) is 0.231. The molecular formula is C3H3BrCl2. The summed E-state index contributed by atoms with van der Waals surface area (Å²) in [7, 11) is 0. The van der Waals surface area contributed by atoms with E-state index < -0.39 is 0 Å². The average Bonchev–Trinajstić information content (AvgIpc) is 1.35. The van der Waals surface area contributed by atoms with Gasteiger partial charge in [-0.2, -0.15) is 0 Å². The smallest absolute Gasteiger partial charge is 0.0882 e. The van der Waals surface area contributed by atoms with Crippen LogP contribution in [0.3, 0.4) is 0 Å². The van der Waals surface area contributed by atoms with Gasteiger partial charge in [0.25, 0.3) is 0 Å². The van der Waals surface area contributed by atoms with Crippen LogP contribution in [0.25, 0.3) is 0 Å². The number of allylic oxidation sites excluding steroid dienone is 1. The molecule has 36 valence electrons. The fourth-order valence-electron chi connectivity index (χ4n) is 0.0583. The summed E-state index contributed by atoms with van der Waals surface area (Å²) in [5.74, 6) is 0. The lowest BCUT2D eigenvalue weighted by Gasteiger charge is -1.73. The molecule has 0 saturated heterocycles. The molecule has 0 heterocycles. The third kappa shape index (κ3) is 4.80. The Bertz CT molecular complexity index is 55.8. The molecule has 0 bridgehead atoms. The fraction of sp³-hybridized carbons (Fsp3) is 0.333. The van der Waals surface area contributed by atoms with Gasteiger partial charge in [0, 0.05) is 5.33 Å². The Kier molecular flexibility index (Phi) is 4.50. The number of halogens is 3. The van der Waals surface area contributed by atoms with Gasteiger partial charge in [0.1, 0.15) is 4.49 Å². The molecule has 0 N–H and O–H groups in total. The van der Waals surface area contributed by atoms with E-state index in [9.17, 15) is 0 Å². The lowest BCUT2D eigenvalue weighted by molar-refractivity contribution is 1.82. The minimum Gasteiger partial charge on any atom is -0.0882 e.